The molecule has 1 amide bonds. The Morgan fingerprint density at radius 1 is 1.14 bits per heavy atom. The number of halogens is 1. The van der Waals surface area contributed by atoms with Gasteiger partial charge in [0.15, 0.2) is 6.61 Å². The topological polar surface area (TPSA) is 107 Å². The van der Waals surface area contributed by atoms with Crippen molar-refractivity contribution < 1.29 is 27.1 Å². The van der Waals surface area contributed by atoms with Gasteiger partial charge in [-0.2, -0.15) is 0 Å². The molecule has 0 atom stereocenters. The van der Waals surface area contributed by atoms with Crippen molar-refractivity contribution in [3.05, 3.63) is 64.5 Å². The number of aryl methyl sites for hydroxylation is 2. The van der Waals surface area contributed by atoms with E-state index in [1.165, 1.54) is 4.90 Å². The van der Waals surface area contributed by atoms with Crippen LogP contribution in [0.2, 0.25) is 0 Å². The van der Waals surface area contributed by atoms with E-state index in [-0.39, 0.29) is 0 Å². The van der Waals surface area contributed by atoms with E-state index in [1.807, 2.05) is 32.0 Å². The average molecular weight is 408 g/mol. The number of amides is 1. The van der Waals surface area contributed by atoms with Crippen LogP contribution in [0.1, 0.15) is 27.0 Å². The van der Waals surface area contributed by atoms with Crippen LogP contribution in [0.5, 0.6) is 0 Å². The van der Waals surface area contributed by atoms with Gasteiger partial charge in [-0.3, -0.25) is 4.79 Å². The van der Waals surface area contributed by atoms with Gasteiger partial charge in [-0.1, -0.05) is 23.8 Å². The molecule has 2 rings (SSSR count). The lowest BCUT2D eigenvalue weighted by Crippen LogP contribution is -2.31. The predicted molar refractivity (Wildman–Crippen MR) is 100 cm³/mol. The van der Waals surface area contributed by atoms with Gasteiger partial charge in [-0.15, -0.1) is 0 Å². The van der Waals surface area contributed by atoms with Crippen LogP contribution in [-0.2, 0) is 26.1 Å². The van der Waals surface area contributed by atoms with E-state index in [0.717, 1.165) is 34.9 Å². The molecule has 0 aliphatic heterocycles. The van der Waals surface area contributed by atoms with Crippen LogP contribution in [0.15, 0.2) is 41.3 Å². The molecule has 0 aliphatic carbocycles. The van der Waals surface area contributed by atoms with E-state index in [2.05, 4.69) is 0 Å². The van der Waals surface area contributed by atoms with Crippen molar-refractivity contribution in [1.82, 2.24) is 4.90 Å². The van der Waals surface area contributed by atoms with Crippen LogP contribution in [0, 0.1) is 19.7 Å². The maximum Gasteiger partial charge on any atom is 0.341 e. The third kappa shape index (κ3) is 5.37. The van der Waals surface area contributed by atoms with E-state index in [9.17, 15) is 22.4 Å². The van der Waals surface area contributed by atoms with Crippen molar-refractivity contribution in [1.29, 1.82) is 0 Å². The van der Waals surface area contributed by atoms with Gasteiger partial charge < -0.3 is 9.64 Å². The Balaban J connectivity index is 2.03. The fourth-order valence-electron chi connectivity index (χ4n) is 2.52. The summed E-state index contributed by atoms with van der Waals surface area (Å²) in [6.45, 7) is 3.61. The molecule has 0 saturated heterocycles. The fourth-order valence-corrected chi connectivity index (χ4v) is 3.06. The molecule has 0 aliphatic rings. The molecule has 0 saturated carbocycles. The zero-order valence-corrected chi connectivity index (χ0v) is 16.5. The summed E-state index contributed by atoms with van der Waals surface area (Å²) in [5.41, 5.74) is 2.46. The van der Waals surface area contributed by atoms with Gasteiger partial charge in [0.25, 0.3) is 5.91 Å². The second-order valence-electron chi connectivity index (χ2n) is 6.44. The molecular formula is C19H21FN2O5S. The summed E-state index contributed by atoms with van der Waals surface area (Å²) in [4.78, 5) is 25.2. The Kier molecular flexibility index (Phi) is 6.52. The first-order chi connectivity index (χ1) is 13.0. The molecule has 2 aromatic rings. The van der Waals surface area contributed by atoms with Gasteiger partial charge in [0, 0.05) is 13.6 Å². The summed E-state index contributed by atoms with van der Waals surface area (Å²) in [6, 6.07) is 8.34. The van der Waals surface area contributed by atoms with E-state index in [1.54, 1.807) is 7.05 Å². The molecule has 0 aromatic heterocycles. The summed E-state index contributed by atoms with van der Waals surface area (Å²) in [5, 5.41) is 4.97. The predicted octanol–water partition coefficient (Wildman–Crippen LogP) is 1.91. The highest BCUT2D eigenvalue weighted by Crippen LogP contribution is 2.16. The van der Waals surface area contributed by atoms with Crippen molar-refractivity contribution in [3.63, 3.8) is 0 Å². The number of esters is 1. The molecule has 150 valence electrons. The molecule has 2 aromatic carbocycles. The summed E-state index contributed by atoms with van der Waals surface area (Å²) in [7, 11) is -2.56. The highest BCUT2D eigenvalue weighted by Gasteiger charge is 2.20. The van der Waals surface area contributed by atoms with Crippen molar-refractivity contribution in [2.45, 2.75) is 25.3 Å². The van der Waals surface area contributed by atoms with Crippen molar-refractivity contribution in [3.8, 4) is 0 Å². The lowest BCUT2D eigenvalue weighted by atomic mass is 10.1. The lowest BCUT2D eigenvalue weighted by Gasteiger charge is -2.19. The zero-order valence-electron chi connectivity index (χ0n) is 15.7. The Labute approximate surface area is 163 Å². The minimum absolute atomic E-state index is 0.317. The van der Waals surface area contributed by atoms with Crippen molar-refractivity contribution >= 4 is 21.9 Å². The molecule has 2 N–H and O–H groups in total. The molecule has 0 fully saturated rings. The first-order valence-corrected chi connectivity index (χ1v) is 9.83. The number of hydrogen-bond acceptors (Lipinski definition) is 5. The standard InChI is InChI=1S/C19H21FN2O5S/c1-12-4-5-14(13(2)8-12)10-22(3)18(23)11-27-19(24)16-9-15(28(21,25)26)6-7-17(16)20/h4-9H,10-11H2,1-3H3,(H2,21,25,26). The van der Waals surface area contributed by atoms with Crippen LogP contribution < -0.4 is 5.14 Å². The molecule has 0 unspecified atom stereocenters. The van der Waals surface area contributed by atoms with Gasteiger partial charge in [0.05, 0.1) is 10.5 Å². The second-order valence-corrected chi connectivity index (χ2v) is 8.00. The third-order valence-corrected chi connectivity index (χ3v) is 5.06. The van der Waals surface area contributed by atoms with Crippen LogP contribution in [-0.4, -0.2) is 38.8 Å². The quantitative estimate of drug-likeness (QED) is 0.735. The lowest BCUT2D eigenvalue weighted by molar-refractivity contribution is -0.133. The Morgan fingerprint density at radius 3 is 2.43 bits per heavy atom. The maximum atomic E-state index is 13.8. The number of ether oxygens (including phenoxy) is 1. The SMILES string of the molecule is Cc1ccc(CN(C)C(=O)COC(=O)c2cc(S(N)(=O)=O)ccc2F)c(C)c1. The average Bonchev–Trinajstić information content (AvgIpc) is 2.61. The van der Waals surface area contributed by atoms with Gasteiger partial charge in [-0.25, -0.2) is 22.7 Å². The van der Waals surface area contributed by atoms with E-state index < -0.39 is 44.8 Å². The fraction of sp³-hybridized carbons (Fsp3) is 0.263. The number of nitrogens with two attached hydrogens (primary N) is 1. The minimum Gasteiger partial charge on any atom is -0.452 e. The molecule has 9 heteroatoms. The zero-order chi connectivity index (χ0) is 21.1. The maximum absolute atomic E-state index is 13.8. The first kappa shape index (κ1) is 21.5. The normalized spacial score (nSPS) is 11.2. The van der Waals surface area contributed by atoms with Gasteiger partial charge in [0.1, 0.15) is 5.82 Å². The summed E-state index contributed by atoms with van der Waals surface area (Å²) < 4.78 is 41.3. The van der Waals surface area contributed by atoms with Gasteiger partial charge in [-0.05, 0) is 43.2 Å². The number of sulfonamides is 1. The van der Waals surface area contributed by atoms with Crippen LogP contribution in [0.4, 0.5) is 4.39 Å². The Hall–Kier alpha value is -2.78. The van der Waals surface area contributed by atoms with Crippen LogP contribution >= 0.6 is 0 Å². The van der Waals surface area contributed by atoms with Gasteiger partial charge >= 0.3 is 5.97 Å². The molecule has 0 bridgehead atoms. The van der Waals surface area contributed by atoms with E-state index in [0.29, 0.717) is 6.54 Å². The summed E-state index contributed by atoms with van der Waals surface area (Å²) in [6.07, 6.45) is 0. The number of primary sulfonamides is 1. The van der Waals surface area contributed by atoms with E-state index in [4.69, 9.17) is 9.88 Å². The van der Waals surface area contributed by atoms with Crippen molar-refractivity contribution in [2.24, 2.45) is 5.14 Å². The molecule has 0 radical (unpaired) electrons. The van der Waals surface area contributed by atoms with Gasteiger partial charge in [0.2, 0.25) is 10.0 Å². The second kappa shape index (κ2) is 8.49. The molecule has 7 nitrogen and oxygen atoms in total. The third-order valence-electron chi connectivity index (χ3n) is 4.14. The van der Waals surface area contributed by atoms with Crippen molar-refractivity contribution in [2.75, 3.05) is 13.7 Å². The monoisotopic (exact) mass is 408 g/mol. The highest BCUT2D eigenvalue weighted by atomic mass is 32.2. The summed E-state index contributed by atoms with van der Waals surface area (Å²) >= 11 is 0. The molecular weight excluding hydrogens is 387 g/mol. The number of hydrogen-bond donors (Lipinski definition) is 1. The largest absolute Gasteiger partial charge is 0.452 e. The van der Waals surface area contributed by atoms with Crippen LogP contribution in [0.25, 0.3) is 0 Å². The Bertz CT molecular complexity index is 1020. The smallest absolute Gasteiger partial charge is 0.341 e. The first-order valence-electron chi connectivity index (χ1n) is 8.28. The molecule has 0 heterocycles. The van der Waals surface area contributed by atoms with Crippen LogP contribution in [0.3, 0.4) is 0 Å². The summed E-state index contributed by atoms with van der Waals surface area (Å²) in [5.74, 6) is -2.62. The minimum atomic E-state index is -4.11. The number of carbonyl (C=O) groups is 2. The number of carbonyl (C=O) groups excluding carboxylic acids is 2. The number of nitrogens with zero attached hydrogens (tertiary/aromatic N) is 1. The highest BCUT2D eigenvalue weighted by molar-refractivity contribution is 7.89. The number of likely N-dealkylation sites (N-methyl/N-ethyl adjacent to an activating group) is 1. The number of benzene rings is 2. The molecule has 0 spiro atoms. The Morgan fingerprint density at radius 2 is 1.82 bits per heavy atom. The molecule has 28 heavy (non-hydrogen) atoms. The number of rotatable bonds is 6. The van der Waals surface area contributed by atoms with E-state index >= 15 is 0 Å².